The van der Waals surface area contributed by atoms with Crippen LogP contribution in [0, 0.1) is 5.82 Å². The van der Waals surface area contributed by atoms with E-state index in [9.17, 15) is 9.18 Å². The van der Waals surface area contributed by atoms with Crippen molar-refractivity contribution < 1.29 is 9.18 Å². The maximum absolute atomic E-state index is 13.5. The number of nitrogens with one attached hydrogen (secondary N) is 1. The number of carbonyl (C=O) groups is 1. The summed E-state index contributed by atoms with van der Waals surface area (Å²) in [6, 6.07) is 13.3. The van der Waals surface area contributed by atoms with Gasteiger partial charge in [-0.1, -0.05) is 29.5 Å². The number of benzene rings is 2. The third-order valence-electron chi connectivity index (χ3n) is 2.95. The van der Waals surface area contributed by atoms with E-state index >= 15 is 0 Å². The van der Waals surface area contributed by atoms with Gasteiger partial charge >= 0.3 is 0 Å². The van der Waals surface area contributed by atoms with Crippen LogP contribution in [0.25, 0.3) is 5.69 Å². The number of nitrogens with zero attached hydrogens (tertiary/aromatic N) is 3. The number of carbonyl (C=O) groups excluding carboxylic acids is 1. The number of hydrogen-bond donors (Lipinski definition) is 1. The maximum atomic E-state index is 13.5. The molecule has 3 rings (SSSR count). The van der Waals surface area contributed by atoms with E-state index in [-0.39, 0.29) is 11.4 Å². The Labute approximate surface area is 133 Å². The molecule has 0 saturated carbocycles. The quantitative estimate of drug-likeness (QED) is 0.778. The number of anilines is 1. The highest BCUT2D eigenvalue weighted by Gasteiger charge is 2.14. The molecule has 1 heterocycles. The minimum atomic E-state index is -0.525. The van der Waals surface area contributed by atoms with Gasteiger partial charge in [-0.2, -0.15) is 0 Å². The van der Waals surface area contributed by atoms with E-state index in [0.29, 0.717) is 0 Å². The Morgan fingerprint density at radius 2 is 1.86 bits per heavy atom. The van der Waals surface area contributed by atoms with Crippen molar-refractivity contribution in [2.75, 3.05) is 5.32 Å². The van der Waals surface area contributed by atoms with Gasteiger partial charge in [0.05, 0.1) is 17.6 Å². The number of amides is 1. The standard InChI is InChI=1S/C15H10BrFN4O/c16-10-5-1-4-8-14(10)21-9-13(19-20-21)15(22)18-12-7-3-2-6-11(12)17/h1-9H,(H,18,22). The predicted octanol–water partition coefficient (Wildman–Crippen LogP) is 3.42. The highest BCUT2D eigenvalue weighted by atomic mass is 79.9. The zero-order chi connectivity index (χ0) is 15.5. The molecular formula is C15H10BrFN4O. The summed E-state index contributed by atoms with van der Waals surface area (Å²) in [5.41, 5.74) is 0.946. The second kappa shape index (κ2) is 6.07. The van der Waals surface area contributed by atoms with Gasteiger partial charge in [-0.15, -0.1) is 5.10 Å². The zero-order valence-electron chi connectivity index (χ0n) is 11.2. The minimum absolute atomic E-state index is 0.0963. The van der Waals surface area contributed by atoms with Gasteiger partial charge in [0.25, 0.3) is 5.91 Å². The molecule has 0 radical (unpaired) electrons. The van der Waals surface area contributed by atoms with E-state index in [4.69, 9.17) is 0 Å². The number of halogens is 2. The van der Waals surface area contributed by atoms with Crippen molar-refractivity contribution in [2.24, 2.45) is 0 Å². The molecule has 0 saturated heterocycles. The van der Waals surface area contributed by atoms with E-state index in [1.54, 1.807) is 12.1 Å². The van der Waals surface area contributed by atoms with Crippen molar-refractivity contribution in [1.82, 2.24) is 15.0 Å². The van der Waals surface area contributed by atoms with Gasteiger partial charge in [0, 0.05) is 4.47 Å². The molecular weight excluding hydrogens is 351 g/mol. The Hall–Kier alpha value is -2.54. The molecule has 0 aliphatic heterocycles. The second-order valence-corrected chi connectivity index (χ2v) is 5.29. The van der Waals surface area contributed by atoms with Crippen molar-refractivity contribution >= 4 is 27.5 Å². The van der Waals surface area contributed by atoms with E-state index in [2.05, 4.69) is 31.6 Å². The number of para-hydroxylation sites is 2. The molecule has 110 valence electrons. The number of hydrogen-bond acceptors (Lipinski definition) is 3. The van der Waals surface area contributed by atoms with Crippen LogP contribution in [0.2, 0.25) is 0 Å². The molecule has 2 aromatic carbocycles. The lowest BCUT2D eigenvalue weighted by atomic mass is 10.3. The van der Waals surface area contributed by atoms with Crippen LogP contribution in [0.1, 0.15) is 10.5 Å². The normalized spacial score (nSPS) is 10.5. The van der Waals surface area contributed by atoms with Gasteiger partial charge in [0.15, 0.2) is 5.69 Å². The van der Waals surface area contributed by atoms with Gasteiger partial charge in [-0.3, -0.25) is 4.79 Å². The summed E-state index contributed by atoms with van der Waals surface area (Å²) in [5, 5.41) is 10.2. The topological polar surface area (TPSA) is 59.8 Å². The Bertz CT molecular complexity index is 834. The molecule has 3 aromatic rings. The van der Waals surface area contributed by atoms with E-state index < -0.39 is 11.7 Å². The molecule has 7 heteroatoms. The highest BCUT2D eigenvalue weighted by molar-refractivity contribution is 9.10. The van der Waals surface area contributed by atoms with Crippen LogP contribution >= 0.6 is 15.9 Å². The zero-order valence-corrected chi connectivity index (χ0v) is 12.8. The molecule has 0 unspecified atom stereocenters. The largest absolute Gasteiger partial charge is 0.318 e. The molecule has 1 amide bonds. The first-order valence-electron chi connectivity index (χ1n) is 6.38. The summed E-state index contributed by atoms with van der Waals surface area (Å²) >= 11 is 3.40. The van der Waals surface area contributed by atoms with Crippen molar-refractivity contribution in [3.8, 4) is 5.69 Å². The average molecular weight is 361 g/mol. The van der Waals surface area contributed by atoms with Crippen molar-refractivity contribution in [1.29, 1.82) is 0 Å². The van der Waals surface area contributed by atoms with Gasteiger partial charge in [-0.05, 0) is 40.2 Å². The Kier molecular flexibility index (Phi) is 3.97. The average Bonchev–Trinajstić information content (AvgIpc) is 3.00. The second-order valence-electron chi connectivity index (χ2n) is 4.43. The molecule has 0 aliphatic carbocycles. The number of aromatic nitrogens is 3. The minimum Gasteiger partial charge on any atom is -0.318 e. The van der Waals surface area contributed by atoms with E-state index in [0.717, 1.165) is 10.2 Å². The van der Waals surface area contributed by atoms with Crippen LogP contribution in [-0.4, -0.2) is 20.9 Å². The van der Waals surface area contributed by atoms with Gasteiger partial charge in [-0.25, -0.2) is 9.07 Å². The summed E-state index contributed by atoms with van der Waals surface area (Å²) in [7, 11) is 0. The predicted molar refractivity (Wildman–Crippen MR) is 83.4 cm³/mol. The smallest absolute Gasteiger partial charge is 0.277 e. The van der Waals surface area contributed by atoms with E-state index in [1.165, 1.54) is 23.0 Å². The fourth-order valence-corrected chi connectivity index (χ4v) is 2.34. The molecule has 0 bridgehead atoms. The SMILES string of the molecule is O=C(Nc1ccccc1F)c1cn(-c2ccccc2Br)nn1. The Balaban J connectivity index is 1.84. The fourth-order valence-electron chi connectivity index (χ4n) is 1.87. The van der Waals surface area contributed by atoms with Crippen molar-refractivity contribution in [2.45, 2.75) is 0 Å². The summed E-state index contributed by atoms with van der Waals surface area (Å²) in [4.78, 5) is 12.1. The fraction of sp³-hybridized carbons (Fsp3) is 0. The molecule has 1 aromatic heterocycles. The first-order valence-corrected chi connectivity index (χ1v) is 7.17. The maximum Gasteiger partial charge on any atom is 0.277 e. The summed E-state index contributed by atoms with van der Waals surface area (Å²) in [5.74, 6) is -1.03. The summed E-state index contributed by atoms with van der Waals surface area (Å²) in [6.07, 6.45) is 1.48. The molecule has 1 N–H and O–H groups in total. The molecule has 0 fully saturated rings. The Morgan fingerprint density at radius 1 is 1.14 bits per heavy atom. The monoisotopic (exact) mass is 360 g/mol. The van der Waals surface area contributed by atoms with Crippen LogP contribution in [0.15, 0.2) is 59.2 Å². The number of rotatable bonds is 3. The molecule has 5 nitrogen and oxygen atoms in total. The first-order chi connectivity index (χ1) is 10.6. The molecule has 0 atom stereocenters. The third kappa shape index (κ3) is 2.89. The Morgan fingerprint density at radius 3 is 2.64 bits per heavy atom. The van der Waals surface area contributed by atoms with Crippen LogP contribution < -0.4 is 5.32 Å². The first kappa shape index (κ1) is 14.4. The molecule has 22 heavy (non-hydrogen) atoms. The molecule has 0 spiro atoms. The summed E-state index contributed by atoms with van der Waals surface area (Å²) in [6.45, 7) is 0. The summed E-state index contributed by atoms with van der Waals surface area (Å²) < 4.78 is 15.8. The lowest BCUT2D eigenvalue weighted by molar-refractivity contribution is 0.102. The lowest BCUT2D eigenvalue weighted by Gasteiger charge is -2.03. The lowest BCUT2D eigenvalue weighted by Crippen LogP contribution is -2.13. The highest BCUT2D eigenvalue weighted by Crippen LogP contribution is 2.20. The van der Waals surface area contributed by atoms with Crippen molar-refractivity contribution in [3.63, 3.8) is 0 Å². The van der Waals surface area contributed by atoms with E-state index in [1.807, 2.05) is 24.3 Å². The van der Waals surface area contributed by atoms with Crippen LogP contribution in [0.3, 0.4) is 0 Å². The van der Waals surface area contributed by atoms with Crippen LogP contribution in [-0.2, 0) is 0 Å². The van der Waals surface area contributed by atoms with Crippen LogP contribution in [0.4, 0.5) is 10.1 Å². The third-order valence-corrected chi connectivity index (χ3v) is 3.62. The van der Waals surface area contributed by atoms with Gasteiger partial charge in [0.2, 0.25) is 0 Å². The van der Waals surface area contributed by atoms with Gasteiger partial charge in [0.1, 0.15) is 5.82 Å². The molecule has 0 aliphatic rings. The van der Waals surface area contributed by atoms with Crippen molar-refractivity contribution in [3.05, 3.63) is 70.7 Å². The van der Waals surface area contributed by atoms with Crippen LogP contribution in [0.5, 0.6) is 0 Å². The van der Waals surface area contributed by atoms with Gasteiger partial charge < -0.3 is 5.32 Å².